The summed E-state index contributed by atoms with van der Waals surface area (Å²) >= 11 is 0. The van der Waals surface area contributed by atoms with Gasteiger partial charge in [-0.3, -0.25) is 10.1 Å². The number of piperazine rings is 1. The lowest BCUT2D eigenvalue weighted by atomic mass is 10.1. The van der Waals surface area contributed by atoms with Gasteiger partial charge in [0.1, 0.15) is 5.82 Å². The van der Waals surface area contributed by atoms with Crippen molar-refractivity contribution in [3.05, 3.63) is 36.8 Å². The van der Waals surface area contributed by atoms with Crippen molar-refractivity contribution >= 4 is 11.5 Å². The molecule has 0 aliphatic carbocycles. The van der Waals surface area contributed by atoms with Crippen molar-refractivity contribution in [2.75, 3.05) is 36.8 Å². The standard InChI is InChI=1S/C16H19N7/c17-13-8-15(22-16(13)23-5-3-18-4-6-23)11-1-2-19-14(7-11)12-9-20-21-10-12/h1-2,7-10,18,22H,3-6,17H2,(H,20,21). The van der Waals surface area contributed by atoms with E-state index in [2.05, 4.69) is 30.4 Å². The van der Waals surface area contributed by atoms with Crippen LogP contribution in [0.4, 0.5) is 11.5 Å². The molecule has 0 bridgehead atoms. The van der Waals surface area contributed by atoms with E-state index in [1.54, 1.807) is 12.4 Å². The van der Waals surface area contributed by atoms with Gasteiger partial charge in [-0.1, -0.05) is 0 Å². The number of rotatable bonds is 3. The zero-order valence-electron chi connectivity index (χ0n) is 12.7. The van der Waals surface area contributed by atoms with Gasteiger partial charge in [-0.25, -0.2) is 0 Å². The molecule has 0 aromatic carbocycles. The number of nitrogens with two attached hydrogens (primary N) is 1. The van der Waals surface area contributed by atoms with E-state index in [-0.39, 0.29) is 0 Å². The van der Waals surface area contributed by atoms with Gasteiger partial charge in [0.15, 0.2) is 0 Å². The highest BCUT2D eigenvalue weighted by molar-refractivity contribution is 5.76. The molecule has 4 rings (SSSR count). The molecular formula is C16H19N7. The summed E-state index contributed by atoms with van der Waals surface area (Å²) in [6, 6.07) is 6.01. The summed E-state index contributed by atoms with van der Waals surface area (Å²) in [7, 11) is 0. The number of aromatic amines is 2. The predicted octanol–water partition coefficient (Wildman–Crippen LogP) is 1.46. The van der Waals surface area contributed by atoms with Crippen LogP contribution in [0.2, 0.25) is 0 Å². The van der Waals surface area contributed by atoms with Gasteiger partial charge in [-0.15, -0.1) is 0 Å². The van der Waals surface area contributed by atoms with Crippen LogP contribution >= 0.6 is 0 Å². The molecule has 118 valence electrons. The van der Waals surface area contributed by atoms with Crippen LogP contribution in [0.5, 0.6) is 0 Å². The molecule has 1 fully saturated rings. The molecule has 23 heavy (non-hydrogen) atoms. The third-order valence-electron chi connectivity index (χ3n) is 4.12. The van der Waals surface area contributed by atoms with Gasteiger partial charge in [0.25, 0.3) is 0 Å². The van der Waals surface area contributed by atoms with E-state index in [4.69, 9.17) is 5.73 Å². The number of nitrogens with one attached hydrogen (secondary N) is 3. The van der Waals surface area contributed by atoms with Crippen LogP contribution in [0, 0.1) is 0 Å². The molecule has 0 saturated carbocycles. The Balaban J connectivity index is 1.67. The largest absolute Gasteiger partial charge is 0.396 e. The smallest absolute Gasteiger partial charge is 0.130 e. The second-order valence-corrected chi connectivity index (χ2v) is 5.64. The van der Waals surface area contributed by atoms with E-state index in [1.807, 2.05) is 24.4 Å². The van der Waals surface area contributed by atoms with Crippen molar-refractivity contribution < 1.29 is 0 Å². The molecule has 7 heteroatoms. The Kier molecular flexibility index (Phi) is 3.47. The van der Waals surface area contributed by atoms with E-state index < -0.39 is 0 Å². The Morgan fingerprint density at radius 2 is 2.00 bits per heavy atom. The van der Waals surface area contributed by atoms with Crippen LogP contribution in [0.3, 0.4) is 0 Å². The number of pyridine rings is 1. The van der Waals surface area contributed by atoms with Gasteiger partial charge < -0.3 is 20.9 Å². The minimum Gasteiger partial charge on any atom is -0.396 e. The topological polar surface area (TPSA) is 98.6 Å². The highest BCUT2D eigenvalue weighted by Crippen LogP contribution is 2.31. The quantitative estimate of drug-likeness (QED) is 0.587. The van der Waals surface area contributed by atoms with E-state index in [0.29, 0.717) is 0 Å². The lowest BCUT2D eigenvalue weighted by molar-refractivity contribution is 0.586. The summed E-state index contributed by atoms with van der Waals surface area (Å²) in [5, 5.41) is 10.1. The summed E-state index contributed by atoms with van der Waals surface area (Å²) in [6.45, 7) is 3.88. The molecule has 3 aromatic heterocycles. The fourth-order valence-electron chi connectivity index (χ4n) is 2.91. The summed E-state index contributed by atoms with van der Waals surface area (Å²) < 4.78 is 0. The predicted molar refractivity (Wildman–Crippen MR) is 91.1 cm³/mol. The lowest BCUT2D eigenvalue weighted by Gasteiger charge is -2.28. The van der Waals surface area contributed by atoms with Gasteiger partial charge in [-0.2, -0.15) is 5.10 Å². The zero-order valence-corrected chi connectivity index (χ0v) is 12.7. The normalized spacial score (nSPS) is 15.0. The SMILES string of the molecule is Nc1cc(-c2ccnc(-c3cn[nH]c3)c2)[nH]c1N1CCNCC1. The number of hydrogen-bond acceptors (Lipinski definition) is 5. The highest BCUT2D eigenvalue weighted by atomic mass is 15.2. The summed E-state index contributed by atoms with van der Waals surface area (Å²) in [5.74, 6) is 1.00. The van der Waals surface area contributed by atoms with Crippen LogP contribution in [-0.4, -0.2) is 46.3 Å². The average molecular weight is 309 g/mol. The third-order valence-corrected chi connectivity index (χ3v) is 4.12. The Morgan fingerprint density at radius 3 is 2.78 bits per heavy atom. The van der Waals surface area contributed by atoms with Gasteiger partial charge in [0.2, 0.25) is 0 Å². The number of nitrogen functional groups attached to an aromatic ring is 1. The number of H-pyrrole nitrogens is 2. The summed E-state index contributed by atoms with van der Waals surface area (Å²) in [4.78, 5) is 10.1. The van der Waals surface area contributed by atoms with E-state index >= 15 is 0 Å². The molecule has 4 heterocycles. The van der Waals surface area contributed by atoms with Crippen molar-refractivity contribution in [1.82, 2.24) is 25.5 Å². The minimum atomic E-state index is 0.781. The fraction of sp³-hybridized carbons (Fsp3) is 0.250. The molecule has 5 N–H and O–H groups in total. The maximum atomic E-state index is 6.22. The first-order valence-electron chi connectivity index (χ1n) is 7.71. The van der Waals surface area contributed by atoms with Crippen LogP contribution < -0.4 is 16.0 Å². The van der Waals surface area contributed by atoms with Crippen LogP contribution in [0.15, 0.2) is 36.8 Å². The first kappa shape index (κ1) is 13.8. The molecule has 3 aromatic rings. The highest BCUT2D eigenvalue weighted by Gasteiger charge is 2.16. The molecule has 1 aliphatic heterocycles. The van der Waals surface area contributed by atoms with Crippen molar-refractivity contribution in [1.29, 1.82) is 0 Å². The minimum absolute atomic E-state index is 0.781. The molecule has 0 radical (unpaired) electrons. The molecule has 0 spiro atoms. The van der Waals surface area contributed by atoms with Gasteiger partial charge in [0, 0.05) is 55.4 Å². The Morgan fingerprint density at radius 1 is 1.13 bits per heavy atom. The van der Waals surface area contributed by atoms with Crippen molar-refractivity contribution in [2.45, 2.75) is 0 Å². The number of nitrogens with zero attached hydrogens (tertiary/aromatic N) is 3. The fourth-order valence-corrected chi connectivity index (χ4v) is 2.91. The van der Waals surface area contributed by atoms with Crippen molar-refractivity contribution in [2.24, 2.45) is 0 Å². The first-order valence-corrected chi connectivity index (χ1v) is 7.71. The Hall–Kier alpha value is -2.80. The summed E-state index contributed by atoms with van der Waals surface area (Å²) in [5.41, 5.74) is 10.9. The molecule has 1 saturated heterocycles. The van der Waals surface area contributed by atoms with Crippen molar-refractivity contribution in [3.8, 4) is 22.5 Å². The van der Waals surface area contributed by atoms with E-state index in [0.717, 1.165) is 60.2 Å². The Labute approximate surface area is 133 Å². The van der Waals surface area contributed by atoms with Crippen LogP contribution in [0.25, 0.3) is 22.5 Å². The summed E-state index contributed by atoms with van der Waals surface area (Å²) in [6.07, 6.45) is 5.40. The van der Waals surface area contributed by atoms with Gasteiger partial charge in [-0.05, 0) is 18.2 Å². The maximum absolute atomic E-state index is 6.22. The Bertz CT molecular complexity index is 785. The molecular weight excluding hydrogens is 290 g/mol. The number of hydrogen-bond donors (Lipinski definition) is 4. The molecule has 7 nitrogen and oxygen atoms in total. The van der Waals surface area contributed by atoms with Crippen molar-refractivity contribution in [3.63, 3.8) is 0 Å². The lowest BCUT2D eigenvalue weighted by Crippen LogP contribution is -2.43. The van der Waals surface area contributed by atoms with E-state index in [9.17, 15) is 0 Å². The van der Waals surface area contributed by atoms with Gasteiger partial charge in [0.05, 0.1) is 17.6 Å². The second-order valence-electron chi connectivity index (χ2n) is 5.64. The molecule has 0 amide bonds. The molecule has 0 unspecified atom stereocenters. The van der Waals surface area contributed by atoms with E-state index in [1.165, 1.54) is 0 Å². The van der Waals surface area contributed by atoms with Gasteiger partial charge >= 0.3 is 0 Å². The monoisotopic (exact) mass is 309 g/mol. The number of aromatic nitrogens is 4. The second kappa shape index (κ2) is 5.77. The average Bonchev–Trinajstić information content (AvgIpc) is 3.25. The van der Waals surface area contributed by atoms with Crippen LogP contribution in [-0.2, 0) is 0 Å². The van der Waals surface area contributed by atoms with Crippen LogP contribution in [0.1, 0.15) is 0 Å². The zero-order chi connectivity index (χ0) is 15.6. The first-order chi connectivity index (χ1) is 11.3. The number of anilines is 2. The third kappa shape index (κ3) is 2.66. The molecule has 1 aliphatic rings. The maximum Gasteiger partial charge on any atom is 0.130 e. The molecule has 0 atom stereocenters.